The zero-order valence-corrected chi connectivity index (χ0v) is 13.3. The predicted octanol–water partition coefficient (Wildman–Crippen LogP) is 2.12. The lowest BCUT2D eigenvalue weighted by Crippen LogP contribution is -2.09. The van der Waals surface area contributed by atoms with Crippen molar-refractivity contribution in [3.8, 4) is 0 Å². The molecule has 110 valence electrons. The first-order chi connectivity index (χ1) is 9.65. The average molecular weight is 313 g/mol. The molecule has 0 atom stereocenters. The molecule has 0 fully saturated rings. The van der Waals surface area contributed by atoms with Crippen molar-refractivity contribution in [1.29, 1.82) is 0 Å². The van der Waals surface area contributed by atoms with Crippen LogP contribution in [0.2, 0.25) is 0 Å². The normalized spacial score (nSPS) is 11.2. The maximum Gasteiger partial charge on any atom is 0.215 e. The smallest absolute Gasteiger partial charge is 0.215 e. The van der Waals surface area contributed by atoms with Crippen LogP contribution in [0, 0.1) is 0 Å². The van der Waals surface area contributed by atoms with Crippen molar-refractivity contribution in [3.63, 3.8) is 0 Å². The van der Waals surface area contributed by atoms with Crippen LogP contribution in [0.1, 0.15) is 10.4 Å². The van der Waals surface area contributed by atoms with Gasteiger partial charge in [-0.2, -0.15) is 11.8 Å². The van der Waals surface area contributed by atoms with Gasteiger partial charge < -0.3 is 16.0 Å². The fourth-order valence-corrected chi connectivity index (χ4v) is 3.55. The number of hydrogen-bond donors (Lipinski definition) is 2. The molecule has 0 amide bonds. The van der Waals surface area contributed by atoms with Crippen LogP contribution in [0.3, 0.4) is 0 Å². The molecule has 3 N–H and O–H groups in total. The van der Waals surface area contributed by atoms with E-state index in [0.717, 1.165) is 24.6 Å². The first-order valence-corrected chi connectivity index (χ1v) is 8.29. The van der Waals surface area contributed by atoms with Crippen molar-refractivity contribution in [2.75, 3.05) is 37.4 Å². The fourth-order valence-electron chi connectivity index (χ4n) is 1.65. The third-order valence-corrected chi connectivity index (χ3v) is 4.50. The molecule has 2 aromatic rings. The Kier molecular flexibility index (Phi) is 5.69. The fraction of sp³-hybridized carbons (Fsp3) is 0.500. The van der Waals surface area contributed by atoms with Crippen LogP contribution in [-0.2, 0) is 12.3 Å². The summed E-state index contributed by atoms with van der Waals surface area (Å²) >= 11 is 3.70. The molecular formula is C12H19N5OS2. The molecule has 0 unspecified atom stereocenters. The van der Waals surface area contributed by atoms with Gasteiger partial charge in [0.15, 0.2) is 0 Å². The molecule has 8 heteroatoms. The average Bonchev–Trinajstić information content (AvgIpc) is 2.98. The van der Waals surface area contributed by atoms with Crippen molar-refractivity contribution >= 4 is 34.7 Å². The van der Waals surface area contributed by atoms with E-state index in [4.69, 9.17) is 5.73 Å². The van der Waals surface area contributed by atoms with Gasteiger partial charge in [-0.3, -0.25) is 0 Å². The molecule has 20 heavy (non-hydrogen) atoms. The first-order valence-electron chi connectivity index (χ1n) is 6.26. The van der Waals surface area contributed by atoms with Gasteiger partial charge in [-0.25, -0.2) is 4.63 Å². The molecule has 0 aliphatic heterocycles. The Morgan fingerprint density at radius 2 is 2.30 bits per heavy atom. The predicted molar refractivity (Wildman–Crippen MR) is 85.1 cm³/mol. The van der Waals surface area contributed by atoms with Gasteiger partial charge in [-0.05, 0) is 41.4 Å². The highest BCUT2D eigenvalue weighted by molar-refractivity contribution is 7.98. The lowest BCUT2D eigenvalue weighted by molar-refractivity contribution is 0.310. The van der Waals surface area contributed by atoms with Crippen molar-refractivity contribution in [2.45, 2.75) is 12.3 Å². The molecule has 0 aliphatic rings. The molecule has 0 aromatic carbocycles. The van der Waals surface area contributed by atoms with Gasteiger partial charge in [0.1, 0.15) is 0 Å². The van der Waals surface area contributed by atoms with E-state index in [2.05, 4.69) is 50.7 Å². The Morgan fingerprint density at radius 1 is 1.45 bits per heavy atom. The van der Waals surface area contributed by atoms with Crippen molar-refractivity contribution in [3.05, 3.63) is 21.9 Å². The minimum atomic E-state index is 0.307. The Balaban J connectivity index is 1.63. The van der Waals surface area contributed by atoms with Crippen LogP contribution in [0.15, 0.2) is 16.1 Å². The minimum absolute atomic E-state index is 0.307. The molecule has 2 aromatic heterocycles. The second kappa shape index (κ2) is 7.51. The van der Waals surface area contributed by atoms with Gasteiger partial charge in [-0.1, -0.05) is 0 Å². The summed E-state index contributed by atoms with van der Waals surface area (Å²) in [5.41, 5.74) is 6.94. The minimum Gasteiger partial charge on any atom is -0.378 e. The Labute approximate surface area is 126 Å². The van der Waals surface area contributed by atoms with Crippen LogP contribution in [0.5, 0.6) is 0 Å². The van der Waals surface area contributed by atoms with E-state index < -0.39 is 0 Å². The summed E-state index contributed by atoms with van der Waals surface area (Å²) in [5, 5.41) is 12.5. The van der Waals surface area contributed by atoms with Crippen LogP contribution < -0.4 is 11.1 Å². The topological polar surface area (TPSA) is 80.2 Å². The second-order valence-corrected chi connectivity index (χ2v) is 6.74. The molecule has 6 nitrogen and oxygen atoms in total. The van der Waals surface area contributed by atoms with Gasteiger partial charge in [0.25, 0.3) is 0 Å². The molecule has 0 radical (unpaired) electrons. The number of rotatable bonds is 8. The number of nitrogen functional groups attached to an aromatic ring is 1. The van der Waals surface area contributed by atoms with E-state index in [-0.39, 0.29) is 0 Å². The summed E-state index contributed by atoms with van der Waals surface area (Å²) in [6.07, 6.45) is 0. The van der Waals surface area contributed by atoms with Crippen LogP contribution in [-0.4, -0.2) is 41.6 Å². The quantitative estimate of drug-likeness (QED) is 0.722. The number of thiophene rings is 1. The van der Waals surface area contributed by atoms with E-state index in [1.165, 1.54) is 10.4 Å². The number of anilines is 2. The lowest BCUT2D eigenvalue weighted by atomic mass is 10.3. The number of nitrogens with one attached hydrogen (secondary N) is 1. The number of aromatic nitrogens is 2. The monoisotopic (exact) mass is 313 g/mol. The summed E-state index contributed by atoms with van der Waals surface area (Å²) in [7, 11) is 4.18. The molecule has 2 heterocycles. The van der Waals surface area contributed by atoms with E-state index in [9.17, 15) is 0 Å². The highest BCUT2D eigenvalue weighted by Gasteiger charge is 2.04. The maximum atomic E-state index is 5.55. The SMILES string of the molecule is CN(C)Cc1cc(CSCCNc2nonc2N)cs1. The molecule has 0 saturated heterocycles. The standard InChI is InChI=1S/C12H19N5OS2/c1-17(2)6-10-5-9(8-20-10)7-19-4-3-14-12-11(13)15-18-16-12/h5,8H,3-4,6-7H2,1-2H3,(H2,13,15)(H,14,16). The number of nitrogens with two attached hydrogens (primary N) is 1. The van der Waals surface area contributed by atoms with E-state index in [1.54, 1.807) is 0 Å². The zero-order valence-electron chi connectivity index (χ0n) is 11.6. The first kappa shape index (κ1) is 15.1. The van der Waals surface area contributed by atoms with Gasteiger partial charge >= 0.3 is 0 Å². The maximum absolute atomic E-state index is 5.55. The van der Waals surface area contributed by atoms with Gasteiger partial charge in [0.2, 0.25) is 11.6 Å². The third-order valence-electron chi connectivity index (χ3n) is 2.50. The third kappa shape index (κ3) is 4.69. The number of thioether (sulfide) groups is 1. The van der Waals surface area contributed by atoms with E-state index in [1.807, 2.05) is 23.1 Å². The summed E-state index contributed by atoms with van der Waals surface area (Å²) in [4.78, 5) is 3.59. The van der Waals surface area contributed by atoms with Crippen LogP contribution >= 0.6 is 23.1 Å². The highest BCUT2D eigenvalue weighted by Crippen LogP contribution is 2.20. The number of hydrogen-bond acceptors (Lipinski definition) is 8. The zero-order chi connectivity index (χ0) is 14.4. The molecule has 0 aliphatic carbocycles. The largest absolute Gasteiger partial charge is 0.378 e. The molecular weight excluding hydrogens is 294 g/mol. The van der Waals surface area contributed by atoms with Crippen molar-refractivity contribution in [2.24, 2.45) is 0 Å². The molecule has 0 saturated carbocycles. The van der Waals surface area contributed by atoms with Gasteiger partial charge in [0.05, 0.1) is 0 Å². The van der Waals surface area contributed by atoms with Crippen molar-refractivity contribution < 1.29 is 4.63 Å². The van der Waals surface area contributed by atoms with Crippen LogP contribution in [0.25, 0.3) is 0 Å². The summed E-state index contributed by atoms with van der Waals surface area (Å²) in [6.45, 7) is 1.80. The second-order valence-electron chi connectivity index (χ2n) is 4.64. The van der Waals surface area contributed by atoms with E-state index >= 15 is 0 Å². The number of nitrogens with zero attached hydrogens (tertiary/aromatic N) is 3. The highest BCUT2D eigenvalue weighted by atomic mass is 32.2. The van der Waals surface area contributed by atoms with E-state index in [0.29, 0.717) is 11.6 Å². The van der Waals surface area contributed by atoms with Gasteiger partial charge in [0, 0.05) is 29.5 Å². The summed E-state index contributed by atoms with van der Waals surface area (Å²) < 4.78 is 4.51. The molecule has 0 spiro atoms. The van der Waals surface area contributed by atoms with Crippen LogP contribution in [0.4, 0.5) is 11.6 Å². The Bertz CT molecular complexity index is 525. The molecule has 2 rings (SSSR count). The summed E-state index contributed by atoms with van der Waals surface area (Å²) in [5.74, 6) is 2.83. The van der Waals surface area contributed by atoms with Crippen molar-refractivity contribution in [1.82, 2.24) is 15.2 Å². The summed E-state index contributed by atoms with van der Waals surface area (Å²) in [6, 6.07) is 2.28. The molecule has 0 bridgehead atoms. The Morgan fingerprint density at radius 3 is 3.00 bits per heavy atom. The Hall–Kier alpha value is -1.25. The van der Waals surface area contributed by atoms with Gasteiger partial charge in [-0.15, -0.1) is 11.3 Å². The lowest BCUT2D eigenvalue weighted by Gasteiger charge is -2.06.